The number of nitro groups is 1. The van der Waals surface area contributed by atoms with Crippen LogP contribution in [0.3, 0.4) is 0 Å². The van der Waals surface area contributed by atoms with Gasteiger partial charge in [0.2, 0.25) is 5.95 Å². The van der Waals surface area contributed by atoms with Crippen molar-refractivity contribution in [2.75, 3.05) is 12.4 Å². The molecule has 0 saturated heterocycles. The summed E-state index contributed by atoms with van der Waals surface area (Å²) < 4.78 is 7.00. The number of nitrogens with one attached hydrogen (secondary N) is 1. The van der Waals surface area contributed by atoms with E-state index < -0.39 is 22.7 Å². The highest BCUT2D eigenvalue weighted by molar-refractivity contribution is 9.10. The third-order valence-corrected chi connectivity index (χ3v) is 5.15. The van der Waals surface area contributed by atoms with Gasteiger partial charge in [-0.15, -0.1) is 0 Å². The molecule has 1 aliphatic rings. The van der Waals surface area contributed by atoms with Crippen LogP contribution in [0.15, 0.2) is 64.3 Å². The van der Waals surface area contributed by atoms with Gasteiger partial charge in [-0.05, 0) is 40.3 Å². The van der Waals surface area contributed by atoms with Crippen LogP contribution in [-0.2, 0) is 9.53 Å². The molecular formula is C19H13BrN6O5. The molecule has 1 aromatic heterocycles. The molecule has 2 heterocycles. The molecule has 11 nitrogen and oxygen atoms in total. The van der Waals surface area contributed by atoms with E-state index in [4.69, 9.17) is 4.74 Å². The number of nitro benzene ring substituents is 1. The van der Waals surface area contributed by atoms with E-state index in [2.05, 4.69) is 36.8 Å². The van der Waals surface area contributed by atoms with Crippen LogP contribution in [-0.4, -0.2) is 44.0 Å². The van der Waals surface area contributed by atoms with Crippen molar-refractivity contribution in [1.29, 1.82) is 0 Å². The van der Waals surface area contributed by atoms with Crippen molar-refractivity contribution in [2.24, 2.45) is 0 Å². The average Bonchev–Trinajstić information content (AvgIpc) is 3.25. The number of ether oxygens (including phenoxy) is 1. The number of esters is 1. The smallest absolute Gasteiger partial charge is 0.355 e. The number of nitrogens with zero attached hydrogens (tertiary/aromatic N) is 5. The third kappa shape index (κ3) is 3.68. The van der Waals surface area contributed by atoms with Crippen LogP contribution >= 0.6 is 15.9 Å². The number of non-ortho nitro benzene ring substituents is 1. The van der Waals surface area contributed by atoms with Crippen molar-refractivity contribution in [3.8, 4) is 0 Å². The zero-order valence-electron chi connectivity index (χ0n) is 15.9. The Labute approximate surface area is 183 Å². The van der Waals surface area contributed by atoms with Crippen LogP contribution in [0, 0.1) is 10.1 Å². The lowest BCUT2D eigenvalue weighted by Crippen LogP contribution is -2.33. The quantitative estimate of drug-likeness (QED) is 0.250. The van der Waals surface area contributed by atoms with Crippen LogP contribution in [0.25, 0.3) is 0 Å². The van der Waals surface area contributed by atoms with Crippen molar-refractivity contribution in [3.05, 3.63) is 85.5 Å². The monoisotopic (exact) mass is 484 g/mol. The van der Waals surface area contributed by atoms with Crippen LogP contribution in [0.1, 0.15) is 22.0 Å². The maximum atomic E-state index is 13.5. The minimum absolute atomic E-state index is 0.0404. The first kappa shape index (κ1) is 20.3. The van der Waals surface area contributed by atoms with Crippen molar-refractivity contribution < 1.29 is 19.2 Å². The predicted molar refractivity (Wildman–Crippen MR) is 110 cm³/mol. The third-order valence-electron chi connectivity index (χ3n) is 4.66. The van der Waals surface area contributed by atoms with Crippen LogP contribution in [0.4, 0.5) is 11.6 Å². The van der Waals surface area contributed by atoms with E-state index in [-0.39, 0.29) is 28.5 Å². The molecule has 0 aliphatic carbocycles. The number of hydrogen-bond acceptors (Lipinski definition) is 9. The first-order valence-corrected chi connectivity index (χ1v) is 9.62. The summed E-state index contributed by atoms with van der Waals surface area (Å²) in [6.07, 6.45) is 0. The van der Waals surface area contributed by atoms with Crippen molar-refractivity contribution in [3.63, 3.8) is 0 Å². The highest BCUT2D eigenvalue weighted by atomic mass is 79.9. The molecule has 3 aromatic rings. The van der Waals surface area contributed by atoms with Gasteiger partial charge in [-0.3, -0.25) is 14.9 Å². The highest BCUT2D eigenvalue weighted by Gasteiger charge is 2.38. The summed E-state index contributed by atoms with van der Waals surface area (Å²) >= 11 is 3.41. The second-order valence-corrected chi connectivity index (χ2v) is 7.36. The normalized spacial score (nSPS) is 15.1. The van der Waals surface area contributed by atoms with Gasteiger partial charge in [-0.1, -0.05) is 33.2 Å². The molecule has 12 heteroatoms. The van der Waals surface area contributed by atoms with Crippen molar-refractivity contribution in [2.45, 2.75) is 6.04 Å². The number of carbonyl (C=O) groups excluding carboxylic acids is 2. The Morgan fingerprint density at radius 2 is 1.97 bits per heavy atom. The maximum Gasteiger partial charge on any atom is 0.355 e. The number of allylic oxidation sites excluding steroid dienone is 1. The van der Waals surface area contributed by atoms with Gasteiger partial charge in [0.05, 0.1) is 17.6 Å². The second-order valence-electron chi connectivity index (χ2n) is 6.44. The summed E-state index contributed by atoms with van der Waals surface area (Å²) in [5, 5.41) is 25.2. The summed E-state index contributed by atoms with van der Waals surface area (Å²) in [6, 6.07) is 11.4. The number of Topliss-reactive ketones (excluding diaryl/α,β-unsaturated/α-hetero) is 1. The Hall–Kier alpha value is -3.93. The number of aromatic nitrogens is 4. The van der Waals surface area contributed by atoms with Gasteiger partial charge in [0, 0.05) is 22.2 Å². The summed E-state index contributed by atoms with van der Waals surface area (Å²) in [7, 11) is 1.19. The summed E-state index contributed by atoms with van der Waals surface area (Å²) in [5.41, 5.74) is 0.555. The average molecular weight is 485 g/mol. The molecule has 0 amide bonds. The Kier molecular flexibility index (Phi) is 5.29. The number of halogens is 1. The molecule has 0 unspecified atom stereocenters. The van der Waals surface area contributed by atoms with E-state index in [0.29, 0.717) is 5.56 Å². The summed E-state index contributed by atoms with van der Waals surface area (Å²) in [6.45, 7) is 0. The molecule has 0 bridgehead atoms. The largest absolute Gasteiger partial charge is 0.464 e. The van der Waals surface area contributed by atoms with E-state index in [9.17, 15) is 19.7 Å². The predicted octanol–water partition coefficient (Wildman–Crippen LogP) is 2.67. The number of fused-ring (bicyclic) bond motifs is 1. The molecule has 1 atom stereocenters. The Bertz CT molecular complexity index is 1240. The van der Waals surface area contributed by atoms with Crippen LogP contribution in [0.5, 0.6) is 0 Å². The number of carbonyl (C=O) groups is 2. The van der Waals surface area contributed by atoms with E-state index in [1.54, 1.807) is 18.2 Å². The fourth-order valence-corrected chi connectivity index (χ4v) is 3.68. The van der Waals surface area contributed by atoms with Gasteiger partial charge in [0.1, 0.15) is 11.7 Å². The van der Waals surface area contributed by atoms with Gasteiger partial charge in [0.25, 0.3) is 5.69 Å². The van der Waals surface area contributed by atoms with Gasteiger partial charge in [0.15, 0.2) is 5.78 Å². The molecule has 1 N–H and O–H groups in total. The Balaban J connectivity index is 1.92. The number of hydrogen-bond donors (Lipinski definition) is 1. The number of benzene rings is 2. The molecule has 4 rings (SSSR count). The Morgan fingerprint density at radius 1 is 1.23 bits per heavy atom. The first-order valence-electron chi connectivity index (χ1n) is 8.82. The zero-order chi connectivity index (χ0) is 22.1. The number of ketones is 1. The zero-order valence-corrected chi connectivity index (χ0v) is 17.4. The van der Waals surface area contributed by atoms with Crippen molar-refractivity contribution >= 4 is 39.3 Å². The molecule has 1 aliphatic heterocycles. The topological polar surface area (TPSA) is 142 Å². The lowest BCUT2D eigenvalue weighted by atomic mass is 9.89. The first-order chi connectivity index (χ1) is 14.9. The lowest BCUT2D eigenvalue weighted by molar-refractivity contribution is -0.384. The fraction of sp³-hybridized carbons (Fsp3) is 0.105. The van der Waals surface area contributed by atoms with E-state index >= 15 is 0 Å². The minimum atomic E-state index is -0.847. The van der Waals surface area contributed by atoms with Crippen LogP contribution in [0.2, 0.25) is 0 Å². The van der Waals surface area contributed by atoms with Gasteiger partial charge >= 0.3 is 5.97 Å². The number of rotatable bonds is 5. The second kappa shape index (κ2) is 8.07. The number of tetrazole rings is 1. The van der Waals surface area contributed by atoms with Gasteiger partial charge < -0.3 is 10.1 Å². The molecule has 0 spiro atoms. The van der Waals surface area contributed by atoms with Gasteiger partial charge in [-0.2, -0.15) is 4.68 Å². The number of anilines is 1. The standard InChI is InChI=1S/C19H13BrN6O5/c1-31-18(28)15-14(17(27)10-5-7-13(8-6-10)26(29)30)16(11-3-2-4-12(20)9-11)25-19(21-15)22-23-24-25/h2-9,16H,1H3,(H,21,22,24)/t16-/m1/s1. The number of methoxy groups -OCH3 is 1. The molecule has 0 fully saturated rings. The molecule has 0 saturated carbocycles. The highest BCUT2D eigenvalue weighted by Crippen LogP contribution is 2.37. The molecular weight excluding hydrogens is 472 g/mol. The van der Waals surface area contributed by atoms with E-state index in [1.807, 2.05) is 6.07 Å². The minimum Gasteiger partial charge on any atom is -0.464 e. The SMILES string of the molecule is COC(=O)C1=C(C(=O)c2ccc([N+](=O)[O-])cc2)[C@@H](c2cccc(Br)c2)n2nnnc2N1. The van der Waals surface area contributed by atoms with E-state index in [1.165, 1.54) is 36.1 Å². The molecule has 31 heavy (non-hydrogen) atoms. The lowest BCUT2D eigenvalue weighted by Gasteiger charge is -2.28. The summed E-state index contributed by atoms with van der Waals surface area (Å²) in [4.78, 5) is 36.5. The van der Waals surface area contributed by atoms with E-state index in [0.717, 1.165) is 4.47 Å². The van der Waals surface area contributed by atoms with Crippen LogP contribution < -0.4 is 5.32 Å². The molecule has 156 valence electrons. The Morgan fingerprint density at radius 3 is 2.61 bits per heavy atom. The van der Waals surface area contributed by atoms with Crippen molar-refractivity contribution in [1.82, 2.24) is 20.2 Å². The fourth-order valence-electron chi connectivity index (χ4n) is 3.26. The molecule has 2 aromatic carbocycles. The molecule has 0 radical (unpaired) electrons. The van der Waals surface area contributed by atoms with Gasteiger partial charge in [-0.25, -0.2) is 4.79 Å². The summed E-state index contributed by atoms with van der Waals surface area (Å²) in [5.74, 6) is -1.15. The maximum absolute atomic E-state index is 13.5.